The minimum Gasteiger partial charge on any atom is -0.378 e. The smallest absolute Gasteiger partial charge is 0.224 e. The molecule has 1 unspecified atom stereocenters. The van der Waals surface area contributed by atoms with Crippen LogP contribution in [-0.4, -0.2) is 47.0 Å². The van der Waals surface area contributed by atoms with Crippen molar-refractivity contribution in [3.05, 3.63) is 54.0 Å². The SMILES string of the molecule is CCC1CN(c2cc(COC)ncn2)CCC(=O)N1Cc1ccccc1. The summed E-state index contributed by atoms with van der Waals surface area (Å²) < 4.78 is 5.17. The van der Waals surface area contributed by atoms with Crippen molar-refractivity contribution in [2.75, 3.05) is 25.1 Å². The van der Waals surface area contributed by atoms with Crippen LogP contribution in [0.2, 0.25) is 0 Å². The normalized spacial score (nSPS) is 18.1. The molecule has 0 aliphatic carbocycles. The van der Waals surface area contributed by atoms with Crippen LogP contribution in [0, 0.1) is 0 Å². The van der Waals surface area contributed by atoms with Crippen molar-refractivity contribution in [2.24, 2.45) is 0 Å². The molecule has 1 aliphatic rings. The van der Waals surface area contributed by atoms with E-state index in [4.69, 9.17) is 4.74 Å². The lowest BCUT2D eigenvalue weighted by Gasteiger charge is -2.31. The van der Waals surface area contributed by atoms with Gasteiger partial charge in [-0.1, -0.05) is 37.3 Å². The Morgan fingerprint density at radius 3 is 2.77 bits per heavy atom. The molecule has 0 spiro atoms. The van der Waals surface area contributed by atoms with E-state index in [1.54, 1.807) is 13.4 Å². The van der Waals surface area contributed by atoms with Gasteiger partial charge in [0.2, 0.25) is 5.91 Å². The molecule has 0 radical (unpaired) electrons. The lowest BCUT2D eigenvalue weighted by molar-refractivity contribution is -0.133. The zero-order valence-electron chi connectivity index (χ0n) is 15.5. The molecular weight excluding hydrogens is 328 g/mol. The predicted octanol–water partition coefficient (Wildman–Crippen LogP) is 2.64. The van der Waals surface area contributed by atoms with Crippen LogP contribution in [0.1, 0.15) is 31.0 Å². The van der Waals surface area contributed by atoms with E-state index < -0.39 is 0 Å². The third-order valence-electron chi connectivity index (χ3n) is 4.78. The maximum Gasteiger partial charge on any atom is 0.224 e. The van der Waals surface area contributed by atoms with Crippen molar-refractivity contribution in [1.29, 1.82) is 0 Å². The first-order chi connectivity index (χ1) is 12.7. The number of anilines is 1. The number of hydrogen-bond acceptors (Lipinski definition) is 5. The van der Waals surface area contributed by atoms with Crippen molar-refractivity contribution < 1.29 is 9.53 Å². The highest BCUT2D eigenvalue weighted by molar-refractivity contribution is 5.78. The molecule has 6 heteroatoms. The number of aromatic nitrogens is 2. The molecule has 1 aliphatic heterocycles. The number of carbonyl (C=O) groups is 1. The molecule has 0 saturated carbocycles. The lowest BCUT2D eigenvalue weighted by Crippen LogP contribution is -2.42. The summed E-state index contributed by atoms with van der Waals surface area (Å²) in [6.45, 7) is 4.70. The fourth-order valence-corrected chi connectivity index (χ4v) is 3.36. The Balaban J connectivity index is 1.79. The molecule has 1 amide bonds. The number of carbonyl (C=O) groups excluding carboxylic acids is 1. The molecule has 0 N–H and O–H groups in total. The van der Waals surface area contributed by atoms with E-state index >= 15 is 0 Å². The van der Waals surface area contributed by atoms with E-state index in [0.29, 0.717) is 26.1 Å². The van der Waals surface area contributed by atoms with Crippen LogP contribution in [0.5, 0.6) is 0 Å². The Hall–Kier alpha value is -2.47. The fraction of sp³-hybridized carbons (Fsp3) is 0.450. The number of rotatable bonds is 6. The maximum atomic E-state index is 12.8. The van der Waals surface area contributed by atoms with Gasteiger partial charge in [0.1, 0.15) is 12.1 Å². The second-order valence-electron chi connectivity index (χ2n) is 6.57. The molecule has 1 atom stereocenters. The third kappa shape index (κ3) is 4.38. The number of methoxy groups -OCH3 is 1. The van der Waals surface area contributed by atoms with Crippen LogP contribution in [0.3, 0.4) is 0 Å². The highest BCUT2D eigenvalue weighted by atomic mass is 16.5. The summed E-state index contributed by atoms with van der Waals surface area (Å²) in [4.78, 5) is 25.6. The lowest BCUT2D eigenvalue weighted by atomic mass is 10.1. The van der Waals surface area contributed by atoms with Crippen LogP contribution in [0.25, 0.3) is 0 Å². The summed E-state index contributed by atoms with van der Waals surface area (Å²) in [6, 6.07) is 12.3. The van der Waals surface area contributed by atoms with Gasteiger partial charge in [-0.05, 0) is 12.0 Å². The number of benzene rings is 1. The molecular formula is C20H26N4O2. The molecule has 1 saturated heterocycles. The minimum absolute atomic E-state index is 0.158. The first kappa shape index (κ1) is 18.3. The molecule has 0 bridgehead atoms. The van der Waals surface area contributed by atoms with Crippen LogP contribution >= 0.6 is 0 Å². The average molecular weight is 354 g/mol. The first-order valence-electron chi connectivity index (χ1n) is 9.09. The van der Waals surface area contributed by atoms with Crippen molar-refractivity contribution >= 4 is 11.7 Å². The monoisotopic (exact) mass is 354 g/mol. The highest BCUT2D eigenvalue weighted by Gasteiger charge is 2.29. The summed E-state index contributed by atoms with van der Waals surface area (Å²) >= 11 is 0. The molecule has 26 heavy (non-hydrogen) atoms. The molecule has 3 rings (SSSR count). The van der Waals surface area contributed by atoms with Crippen molar-refractivity contribution in [2.45, 2.75) is 39.0 Å². The van der Waals surface area contributed by atoms with E-state index in [-0.39, 0.29) is 11.9 Å². The Kier molecular flexibility index (Phi) is 6.17. The Bertz CT molecular complexity index is 723. The summed E-state index contributed by atoms with van der Waals surface area (Å²) in [5.41, 5.74) is 2.01. The third-order valence-corrected chi connectivity index (χ3v) is 4.78. The second kappa shape index (κ2) is 8.76. The maximum absolute atomic E-state index is 12.8. The number of ether oxygens (including phenoxy) is 1. The topological polar surface area (TPSA) is 58.6 Å². The quantitative estimate of drug-likeness (QED) is 0.798. The van der Waals surface area contributed by atoms with Gasteiger partial charge in [0.05, 0.1) is 12.3 Å². The molecule has 1 aromatic carbocycles. The number of amides is 1. The predicted molar refractivity (Wildman–Crippen MR) is 101 cm³/mol. The van der Waals surface area contributed by atoms with E-state index in [9.17, 15) is 4.79 Å². The van der Waals surface area contributed by atoms with Gasteiger partial charge in [-0.25, -0.2) is 9.97 Å². The summed E-state index contributed by atoms with van der Waals surface area (Å²) in [5, 5.41) is 0. The zero-order valence-corrected chi connectivity index (χ0v) is 15.5. The molecule has 1 aromatic heterocycles. The minimum atomic E-state index is 0.158. The van der Waals surface area contributed by atoms with Crippen molar-refractivity contribution in [3.8, 4) is 0 Å². The van der Waals surface area contributed by atoms with E-state index in [0.717, 1.165) is 30.0 Å². The van der Waals surface area contributed by atoms with Gasteiger partial charge in [-0.3, -0.25) is 4.79 Å². The zero-order chi connectivity index (χ0) is 18.4. The van der Waals surface area contributed by atoms with E-state index in [2.05, 4.69) is 33.9 Å². The average Bonchev–Trinajstić information content (AvgIpc) is 2.83. The van der Waals surface area contributed by atoms with E-state index in [1.807, 2.05) is 29.2 Å². The van der Waals surface area contributed by atoms with Crippen LogP contribution in [-0.2, 0) is 22.7 Å². The fourth-order valence-electron chi connectivity index (χ4n) is 3.36. The van der Waals surface area contributed by atoms with Crippen LogP contribution in [0.4, 0.5) is 5.82 Å². The second-order valence-corrected chi connectivity index (χ2v) is 6.57. The van der Waals surface area contributed by atoms with Gasteiger partial charge >= 0.3 is 0 Å². The summed E-state index contributed by atoms with van der Waals surface area (Å²) in [5.74, 6) is 1.06. The number of hydrogen-bond donors (Lipinski definition) is 0. The van der Waals surface area contributed by atoms with Crippen LogP contribution in [0.15, 0.2) is 42.7 Å². The van der Waals surface area contributed by atoms with Crippen molar-refractivity contribution in [3.63, 3.8) is 0 Å². The molecule has 138 valence electrons. The van der Waals surface area contributed by atoms with Gasteiger partial charge in [0.15, 0.2) is 0 Å². The van der Waals surface area contributed by atoms with Crippen LogP contribution < -0.4 is 4.90 Å². The Labute approximate surface area is 154 Å². The summed E-state index contributed by atoms with van der Waals surface area (Å²) in [7, 11) is 1.65. The largest absolute Gasteiger partial charge is 0.378 e. The Morgan fingerprint density at radius 1 is 1.23 bits per heavy atom. The van der Waals surface area contributed by atoms with E-state index in [1.165, 1.54) is 0 Å². The Morgan fingerprint density at radius 2 is 2.04 bits per heavy atom. The van der Waals surface area contributed by atoms with Gasteiger partial charge in [0.25, 0.3) is 0 Å². The molecule has 2 heterocycles. The standard InChI is InChI=1S/C20H26N4O2/c1-3-18-13-23(19-11-17(14-26-2)21-15-22-19)10-9-20(25)24(18)12-16-7-5-4-6-8-16/h4-8,11,15,18H,3,9-10,12-14H2,1-2H3. The molecule has 6 nitrogen and oxygen atoms in total. The van der Waals surface area contributed by atoms with Gasteiger partial charge in [0, 0.05) is 45.3 Å². The van der Waals surface area contributed by atoms with Gasteiger partial charge in [-0.2, -0.15) is 0 Å². The number of nitrogens with zero attached hydrogens (tertiary/aromatic N) is 4. The molecule has 1 fully saturated rings. The van der Waals surface area contributed by atoms with Gasteiger partial charge in [-0.15, -0.1) is 0 Å². The van der Waals surface area contributed by atoms with Gasteiger partial charge < -0.3 is 14.5 Å². The molecule has 2 aromatic rings. The van der Waals surface area contributed by atoms with Crippen molar-refractivity contribution in [1.82, 2.24) is 14.9 Å². The highest BCUT2D eigenvalue weighted by Crippen LogP contribution is 2.21. The summed E-state index contributed by atoms with van der Waals surface area (Å²) in [6.07, 6.45) is 2.97. The first-order valence-corrected chi connectivity index (χ1v) is 9.09.